The summed E-state index contributed by atoms with van der Waals surface area (Å²) in [5, 5.41) is 3.25. The van der Waals surface area contributed by atoms with Crippen molar-refractivity contribution < 1.29 is 0 Å². The Labute approximate surface area is 115 Å². The van der Waals surface area contributed by atoms with Crippen LogP contribution in [0.3, 0.4) is 0 Å². The Morgan fingerprint density at radius 3 is 1.35 bits per heavy atom. The van der Waals surface area contributed by atoms with Crippen LogP contribution in [0.15, 0.2) is 0 Å². The minimum absolute atomic E-state index is 1.01. The van der Waals surface area contributed by atoms with Crippen molar-refractivity contribution in [3.05, 3.63) is 0 Å². The summed E-state index contributed by atoms with van der Waals surface area (Å²) in [6.45, 7) is 2.50. The third-order valence-electron chi connectivity index (χ3n) is 3.94. The molecule has 102 valence electrons. The van der Waals surface area contributed by atoms with Gasteiger partial charge in [-0.3, -0.25) is 0 Å². The summed E-state index contributed by atoms with van der Waals surface area (Å²) in [5.41, 5.74) is 0. The quantitative estimate of drug-likeness (QED) is 0.564. The summed E-state index contributed by atoms with van der Waals surface area (Å²) in [6, 6.07) is 0. The second kappa shape index (κ2) is 6.03. The van der Waals surface area contributed by atoms with Crippen molar-refractivity contribution in [1.29, 1.82) is 0 Å². The van der Waals surface area contributed by atoms with Gasteiger partial charge in [0, 0.05) is 0 Å². The topological polar surface area (TPSA) is 0 Å². The molecule has 1 fully saturated rings. The second-order valence-electron chi connectivity index (χ2n) is 9.07. The van der Waals surface area contributed by atoms with Gasteiger partial charge in [-0.05, 0) is 0 Å². The van der Waals surface area contributed by atoms with E-state index in [0.29, 0.717) is 0 Å². The minimum atomic E-state index is -1.33. The van der Waals surface area contributed by atoms with E-state index < -0.39 is 26.5 Å². The first-order chi connectivity index (χ1) is 7.55. The van der Waals surface area contributed by atoms with E-state index >= 15 is 0 Å². The Hall–Kier alpha value is 1.09. The van der Waals surface area contributed by atoms with Crippen LogP contribution in [-0.2, 0) is 0 Å². The Kier molecular flexibility index (Phi) is 5.72. The van der Waals surface area contributed by atoms with Crippen LogP contribution in [0.25, 0.3) is 0 Å². The van der Waals surface area contributed by atoms with Crippen molar-refractivity contribution in [3.63, 3.8) is 0 Å². The normalized spacial score (nSPS) is 31.6. The fraction of sp³-hybridized carbons (Fsp3) is 1.00. The summed E-state index contributed by atoms with van der Waals surface area (Å²) >= 11 is -2.65. The van der Waals surface area contributed by atoms with Crippen LogP contribution in [0, 0.1) is 17.8 Å². The third-order valence-corrected chi connectivity index (χ3v) is 11.5. The van der Waals surface area contributed by atoms with Gasteiger partial charge in [0.2, 0.25) is 0 Å². The molecule has 0 spiro atoms. The average molecular weight is 360 g/mol. The van der Waals surface area contributed by atoms with Crippen molar-refractivity contribution in [1.82, 2.24) is 0 Å². The van der Waals surface area contributed by atoms with E-state index in [1.165, 1.54) is 12.8 Å². The molecule has 1 aliphatic rings. The fourth-order valence-corrected chi connectivity index (χ4v) is 12.6. The van der Waals surface area contributed by atoms with Gasteiger partial charge in [0.15, 0.2) is 0 Å². The maximum atomic E-state index is 2.59. The standard InChI is InChI=1S/C15H34Ge2/c1-13-8-14(11-16(2,3)4)10-15(9-13)12-17(5,6)7/h13-15H,8-12H2,1-7H3/t14-,15-/m0/s1. The van der Waals surface area contributed by atoms with Crippen LogP contribution in [0.4, 0.5) is 0 Å². The molecule has 2 heteroatoms. The summed E-state index contributed by atoms with van der Waals surface area (Å²) in [6.07, 6.45) is 4.65. The van der Waals surface area contributed by atoms with E-state index in [-0.39, 0.29) is 0 Å². The second-order valence-corrected chi connectivity index (χ2v) is 32.3. The number of rotatable bonds is 4. The zero-order valence-corrected chi connectivity index (χ0v) is 17.5. The zero-order valence-electron chi connectivity index (χ0n) is 13.3. The van der Waals surface area contributed by atoms with Gasteiger partial charge < -0.3 is 0 Å². The Balaban J connectivity index is 2.53. The average Bonchev–Trinajstić information content (AvgIpc) is 1.93. The van der Waals surface area contributed by atoms with E-state index in [2.05, 4.69) is 41.5 Å². The summed E-state index contributed by atoms with van der Waals surface area (Å²) in [7, 11) is 0. The first-order valence-corrected chi connectivity index (χ1v) is 23.1. The summed E-state index contributed by atoms with van der Waals surface area (Å²) in [5.74, 6) is 18.7. The Morgan fingerprint density at radius 1 is 0.706 bits per heavy atom. The first kappa shape index (κ1) is 16.1. The van der Waals surface area contributed by atoms with Gasteiger partial charge in [0.05, 0.1) is 0 Å². The molecule has 1 saturated carbocycles. The van der Waals surface area contributed by atoms with E-state index in [0.717, 1.165) is 17.8 Å². The third kappa shape index (κ3) is 7.30. The van der Waals surface area contributed by atoms with E-state index in [9.17, 15) is 0 Å². The molecular formula is C15H34Ge2. The van der Waals surface area contributed by atoms with Gasteiger partial charge >= 0.3 is 116 Å². The first-order valence-electron chi connectivity index (χ1n) is 7.55. The Bertz CT molecular complexity index is 210. The van der Waals surface area contributed by atoms with Crippen LogP contribution in [0.5, 0.6) is 0 Å². The molecule has 0 N–H and O–H groups in total. The molecule has 2 atom stereocenters. The van der Waals surface area contributed by atoms with Crippen molar-refractivity contribution in [2.24, 2.45) is 17.8 Å². The SMILES string of the molecule is CC1C[C@H]([CH2][Ge]([CH3])([CH3])[CH3])C[C@@H]([CH2][Ge]([CH3])([CH3])[CH3])C1. The summed E-state index contributed by atoms with van der Waals surface area (Å²) < 4.78 is 0. The van der Waals surface area contributed by atoms with Gasteiger partial charge in [0.1, 0.15) is 0 Å². The van der Waals surface area contributed by atoms with E-state index in [4.69, 9.17) is 0 Å². The molecule has 1 rings (SSSR count). The van der Waals surface area contributed by atoms with Crippen LogP contribution < -0.4 is 0 Å². The summed E-state index contributed by atoms with van der Waals surface area (Å²) in [4.78, 5) is 0. The number of hydrogen-bond acceptors (Lipinski definition) is 0. The molecule has 0 aliphatic heterocycles. The fourth-order valence-electron chi connectivity index (χ4n) is 3.96. The molecule has 0 saturated heterocycles. The zero-order chi connectivity index (χ0) is 13.3. The molecule has 0 aromatic carbocycles. The Morgan fingerprint density at radius 2 is 1.06 bits per heavy atom. The molecular weight excluding hydrogens is 325 g/mol. The molecule has 0 bridgehead atoms. The number of hydrogen-bond donors (Lipinski definition) is 0. The van der Waals surface area contributed by atoms with E-state index in [1.54, 1.807) is 16.9 Å². The van der Waals surface area contributed by atoms with Gasteiger partial charge in [-0.1, -0.05) is 0 Å². The van der Waals surface area contributed by atoms with Crippen molar-refractivity contribution >= 4 is 26.5 Å². The molecule has 0 nitrogen and oxygen atoms in total. The van der Waals surface area contributed by atoms with Crippen molar-refractivity contribution in [2.45, 2.75) is 71.2 Å². The molecule has 17 heavy (non-hydrogen) atoms. The van der Waals surface area contributed by atoms with Crippen molar-refractivity contribution in [3.8, 4) is 0 Å². The van der Waals surface area contributed by atoms with Crippen LogP contribution >= 0.6 is 0 Å². The molecule has 0 radical (unpaired) electrons. The molecule has 0 unspecified atom stereocenters. The van der Waals surface area contributed by atoms with Crippen LogP contribution in [-0.4, -0.2) is 26.5 Å². The van der Waals surface area contributed by atoms with Crippen LogP contribution in [0.1, 0.15) is 26.2 Å². The van der Waals surface area contributed by atoms with Crippen molar-refractivity contribution in [2.75, 3.05) is 0 Å². The molecule has 0 aromatic rings. The van der Waals surface area contributed by atoms with Gasteiger partial charge in [-0.25, -0.2) is 0 Å². The monoisotopic (exact) mass is 362 g/mol. The molecule has 0 heterocycles. The predicted octanol–water partition coefficient (Wildman–Crippen LogP) is 5.72. The predicted molar refractivity (Wildman–Crippen MR) is 86.3 cm³/mol. The van der Waals surface area contributed by atoms with Gasteiger partial charge in [0.25, 0.3) is 0 Å². The molecule has 0 amide bonds. The van der Waals surface area contributed by atoms with Gasteiger partial charge in [-0.15, -0.1) is 0 Å². The molecule has 0 aromatic heterocycles. The maximum absolute atomic E-state index is 2.59. The van der Waals surface area contributed by atoms with Crippen LogP contribution in [0.2, 0.25) is 45.0 Å². The van der Waals surface area contributed by atoms with E-state index in [1.807, 2.05) is 0 Å². The molecule has 1 aliphatic carbocycles. The van der Waals surface area contributed by atoms with Gasteiger partial charge in [-0.2, -0.15) is 0 Å².